The molecular weight excluding hydrogens is 260 g/mol. The first-order valence-electron chi connectivity index (χ1n) is 6.57. The van der Waals surface area contributed by atoms with Crippen LogP contribution in [0.15, 0.2) is 30.3 Å². The van der Waals surface area contributed by atoms with Crippen LogP contribution in [-0.2, 0) is 0 Å². The molecule has 1 aliphatic carbocycles. The molecule has 0 spiro atoms. The van der Waals surface area contributed by atoms with E-state index in [1.807, 2.05) is 24.3 Å². The van der Waals surface area contributed by atoms with Crippen LogP contribution in [-0.4, -0.2) is 16.6 Å². The number of nitrogens with zero attached hydrogens (tertiary/aromatic N) is 2. The second-order valence-electron chi connectivity index (χ2n) is 5.15. The van der Waals surface area contributed by atoms with Gasteiger partial charge in [0.15, 0.2) is 0 Å². The molecule has 4 heteroatoms. The normalized spacial score (nSPS) is 21.0. The minimum atomic E-state index is 0.104. The van der Waals surface area contributed by atoms with Gasteiger partial charge in [-0.1, -0.05) is 29.8 Å². The second kappa shape index (κ2) is 4.20. The summed E-state index contributed by atoms with van der Waals surface area (Å²) in [5.74, 6) is 2.41. The van der Waals surface area contributed by atoms with E-state index in [9.17, 15) is 0 Å². The first-order valence-corrected chi connectivity index (χ1v) is 6.95. The Hall–Kier alpha value is -1.61. The van der Waals surface area contributed by atoms with Crippen molar-refractivity contribution in [2.75, 3.05) is 6.61 Å². The zero-order valence-corrected chi connectivity index (χ0v) is 11.1. The fourth-order valence-electron chi connectivity index (χ4n) is 2.57. The van der Waals surface area contributed by atoms with Crippen molar-refractivity contribution in [2.45, 2.75) is 24.7 Å². The van der Waals surface area contributed by atoms with Crippen molar-refractivity contribution in [2.24, 2.45) is 0 Å². The number of hydrogen-bond donors (Lipinski definition) is 0. The van der Waals surface area contributed by atoms with Crippen LogP contribution in [0.1, 0.15) is 41.8 Å². The fraction of sp³-hybridized carbons (Fsp3) is 0.333. The van der Waals surface area contributed by atoms with Crippen LogP contribution in [0.4, 0.5) is 0 Å². The van der Waals surface area contributed by atoms with E-state index in [4.69, 9.17) is 21.3 Å². The van der Waals surface area contributed by atoms with E-state index < -0.39 is 0 Å². The summed E-state index contributed by atoms with van der Waals surface area (Å²) < 4.78 is 5.70. The molecule has 0 radical (unpaired) electrons. The van der Waals surface area contributed by atoms with Gasteiger partial charge < -0.3 is 4.74 Å². The topological polar surface area (TPSA) is 35.0 Å². The Labute approximate surface area is 116 Å². The monoisotopic (exact) mass is 272 g/mol. The van der Waals surface area contributed by atoms with Crippen molar-refractivity contribution in [3.63, 3.8) is 0 Å². The molecule has 0 N–H and O–H groups in total. The van der Waals surface area contributed by atoms with Gasteiger partial charge in [-0.15, -0.1) is 0 Å². The summed E-state index contributed by atoms with van der Waals surface area (Å²) in [6, 6.07) is 9.96. The predicted molar refractivity (Wildman–Crippen MR) is 72.8 cm³/mol. The Kier molecular flexibility index (Phi) is 2.49. The van der Waals surface area contributed by atoms with Crippen molar-refractivity contribution in [1.82, 2.24) is 9.97 Å². The fourth-order valence-corrected chi connectivity index (χ4v) is 2.77. The number of para-hydroxylation sites is 1. The van der Waals surface area contributed by atoms with Gasteiger partial charge in [0.25, 0.3) is 0 Å². The van der Waals surface area contributed by atoms with Gasteiger partial charge in [0, 0.05) is 17.2 Å². The third kappa shape index (κ3) is 1.98. The SMILES string of the molecule is Clc1cc(C2CC2)nc(C2COc3ccccc32)n1. The van der Waals surface area contributed by atoms with Crippen molar-refractivity contribution in [3.05, 3.63) is 52.6 Å². The molecule has 2 heterocycles. The smallest absolute Gasteiger partial charge is 0.141 e. The first kappa shape index (κ1) is 11.2. The van der Waals surface area contributed by atoms with E-state index in [1.165, 1.54) is 12.8 Å². The van der Waals surface area contributed by atoms with Crippen LogP contribution >= 0.6 is 11.6 Å². The van der Waals surface area contributed by atoms with Crippen LogP contribution < -0.4 is 4.74 Å². The van der Waals surface area contributed by atoms with E-state index >= 15 is 0 Å². The highest BCUT2D eigenvalue weighted by Crippen LogP contribution is 2.41. The zero-order valence-electron chi connectivity index (χ0n) is 10.3. The number of benzene rings is 1. The molecule has 2 aliphatic rings. The Morgan fingerprint density at radius 3 is 2.84 bits per heavy atom. The summed E-state index contributed by atoms with van der Waals surface area (Å²) in [6.45, 7) is 0.601. The van der Waals surface area contributed by atoms with Gasteiger partial charge >= 0.3 is 0 Å². The molecule has 1 aromatic carbocycles. The molecule has 2 aromatic rings. The number of ether oxygens (including phenoxy) is 1. The highest BCUT2D eigenvalue weighted by molar-refractivity contribution is 6.29. The zero-order chi connectivity index (χ0) is 12.8. The molecule has 3 nitrogen and oxygen atoms in total. The molecule has 1 atom stereocenters. The second-order valence-corrected chi connectivity index (χ2v) is 5.54. The number of aromatic nitrogens is 2. The molecule has 1 aliphatic heterocycles. The van der Waals surface area contributed by atoms with Crippen LogP contribution in [0.5, 0.6) is 5.75 Å². The van der Waals surface area contributed by atoms with Gasteiger partial charge in [-0.2, -0.15) is 0 Å². The molecule has 0 bridgehead atoms. The van der Waals surface area contributed by atoms with E-state index in [0.29, 0.717) is 17.7 Å². The average molecular weight is 273 g/mol. The summed E-state index contributed by atoms with van der Waals surface area (Å²) in [7, 11) is 0. The van der Waals surface area contributed by atoms with Gasteiger partial charge in [-0.05, 0) is 25.0 Å². The van der Waals surface area contributed by atoms with E-state index in [2.05, 4.69) is 11.1 Å². The summed E-state index contributed by atoms with van der Waals surface area (Å²) in [4.78, 5) is 9.10. The highest BCUT2D eigenvalue weighted by atomic mass is 35.5. The van der Waals surface area contributed by atoms with Crippen molar-refractivity contribution in [3.8, 4) is 5.75 Å². The van der Waals surface area contributed by atoms with Gasteiger partial charge in [0.1, 0.15) is 23.3 Å². The molecule has 1 unspecified atom stereocenters. The molecule has 96 valence electrons. The lowest BCUT2D eigenvalue weighted by atomic mass is 10.0. The standard InChI is InChI=1S/C15H13ClN2O/c16-14-7-12(9-5-6-9)17-15(18-14)11-8-19-13-4-2-1-3-10(11)13/h1-4,7,9,11H,5-6,8H2. The summed E-state index contributed by atoms with van der Waals surface area (Å²) in [5.41, 5.74) is 2.24. The maximum absolute atomic E-state index is 6.14. The van der Waals surface area contributed by atoms with Gasteiger partial charge in [-0.25, -0.2) is 9.97 Å². The Balaban J connectivity index is 1.77. The Morgan fingerprint density at radius 2 is 2.00 bits per heavy atom. The van der Waals surface area contributed by atoms with Crippen LogP contribution in [0, 0.1) is 0 Å². The van der Waals surface area contributed by atoms with Gasteiger partial charge in [-0.3, -0.25) is 0 Å². The molecule has 1 fully saturated rings. The Morgan fingerprint density at radius 1 is 1.16 bits per heavy atom. The summed E-state index contributed by atoms with van der Waals surface area (Å²) in [5, 5.41) is 0.538. The van der Waals surface area contributed by atoms with Gasteiger partial charge in [0.05, 0.1) is 5.92 Å². The van der Waals surface area contributed by atoms with Gasteiger partial charge in [0.2, 0.25) is 0 Å². The van der Waals surface area contributed by atoms with Crippen LogP contribution in [0.3, 0.4) is 0 Å². The van der Waals surface area contributed by atoms with Crippen LogP contribution in [0.2, 0.25) is 5.15 Å². The van der Waals surface area contributed by atoms with E-state index in [1.54, 1.807) is 0 Å². The van der Waals surface area contributed by atoms with E-state index in [0.717, 1.165) is 22.8 Å². The van der Waals surface area contributed by atoms with Crippen molar-refractivity contribution >= 4 is 11.6 Å². The predicted octanol–water partition coefficient (Wildman–Crippen LogP) is 3.53. The third-order valence-corrected chi connectivity index (χ3v) is 3.93. The molecule has 4 rings (SSSR count). The third-order valence-electron chi connectivity index (χ3n) is 3.74. The van der Waals surface area contributed by atoms with E-state index in [-0.39, 0.29) is 5.92 Å². The largest absolute Gasteiger partial charge is 0.492 e. The maximum Gasteiger partial charge on any atom is 0.141 e. The molecule has 19 heavy (non-hydrogen) atoms. The quantitative estimate of drug-likeness (QED) is 0.785. The molecule has 1 saturated carbocycles. The lowest BCUT2D eigenvalue weighted by Crippen LogP contribution is -2.09. The van der Waals surface area contributed by atoms with Crippen molar-refractivity contribution < 1.29 is 4.74 Å². The molecule has 0 amide bonds. The molecular formula is C15H13ClN2O. The Bertz CT molecular complexity index is 640. The minimum Gasteiger partial charge on any atom is -0.492 e. The maximum atomic E-state index is 6.14. The lowest BCUT2D eigenvalue weighted by molar-refractivity contribution is 0.339. The molecule has 1 aromatic heterocycles. The number of halogens is 1. The first-order chi connectivity index (χ1) is 9.31. The summed E-state index contributed by atoms with van der Waals surface area (Å²) in [6.07, 6.45) is 2.43. The number of rotatable bonds is 2. The number of fused-ring (bicyclic) bond motifs is 1. The molecule has 0 saturated heterocycles. The summed E-state index contributed by atoms with van der Waals surface area (Å²) >= 11 is 6.14. The average Bonchev–Trinajstić information content (AvgIpc) is 3.18. The minimum absolute atomic E-state index is 0.104. The number of hydrogen-bond acceptors (Lipinski definition) is 3. The van der Waals surface area contributed by atoms with Crippen LogP contribution in [0.25, 0.3) is 0 Å². The van der Waals surface area contributed by atoms with Crippen molar-refractivity contribution in [1.29, 1.82) is 0 Å². The highest BCUT2D eigenvalue weighted by Gasteiger charge is 2.31. The lowest BCUT2D eigenvalue weighted by Gasteiger charge is -2.09.